The van der Waals surface area contributed by atoms with E-state index in [9.17, 15) is 22.8 Å². The molecule has 0 radical (unpaired) electrons. The molecule has 1 aromatic carbocycles. The number of nitrogens with zero attached hydrogens (tertiary/aromatic N) is 2. The number of ether oxygens (including phenoxy) is 2. The topological polar surface area (TPSA) is 134 Å². The number of urea groups is 1. The fourth-order valence-corrected chi connectivity index (χ4v) is 5.45. The average molecular weight is 467 g/mol. The van der Waals surface area contributed by atoms with E-state index in [0.29, 0.717) is 13.2 Å². The van der Waals surface area contributed by atoms with E-state index < -0.39 is 40.0 Å². The first-order valence-corrected chi connectivity index (χ1v) is 11.8. The van der Waals surface area contributed by atoms with E-state index in [4.69, 9.17) is 9.47 Å². The fourth-order valence-electron chi connectivity index (χ4n) is 4.01. The summed E-state index contributed by atoms with van der Waals surface area (Å²) in [7, 11) is -2.40. The van der Waals surface area contributed by atoms with E-state index >= 15 is 0 Å². The van der Waals surface area contributed by atoms with Crippen molar-refractivity contribution in [1.29, 1.82) is 0 Å². The first-order chi connectivity index (χ1) is 15.2. The van der Waals surface area contributed by atoms with E-state index in [1.807, 2.05) is 0 Å². The lowest BCUT2D eigenvalue weighted by Crippen LogP contribution is -2.46. The number of carbonyl (C=O) groups is 3. The van der Waals surface area contributed by atoms with Gasteiger partial charge < -0.3 is 20.1 Å². The molecule has 11 nitrogen and oxygen atoms in total. The molecule has 4 rings (SSSR count). The normalized spacial score (nSPS) is 24.4. The molecule has 2 heterocycles. The summed E-state index contributed by atoms with van der Waals surface area (Å²) in [4.78, 5) is 38.6. The van der Waals surface area contributed by atoms with E-state index in [-0.39, 0.29) is 35.3 Å². The summed E-state index contributed by atoms with van der Waals surface area (Å²) in [5, 5.41) is 5.26. The third-order valence-corrected chi connectivity index (χ3v) is 7.94. The third-order valence-electron chi connectivity index (χ3n) is 6.05. The van der Waals surface area contributed by atoms with Crippen molar-refractivity contribution in [1.82, 2.24) is 14.5 Å². The lowest BCUT2D eigenvalue weighted by molar-refractivity contribution is -0.134. The van der Waals surface area contributed by atoms with Crippen molar-refractivity contribution < 1.29 is 32.3 Å². The van der Waals surface area contributed by atoms with Crippen LogP contribution in [-0.2, 0) is 24.3 Å². The highest BCUT2D eigenvalue weighted by Gasteiger charge is 2.56. The standard InChI is InChI=1S/C20H26N4O7S/c1-20(13-3-4-13)18(26)24(19(27)22-20)12-17(25)21-15-11-14(5-6-16(15)30-2)32(28,29)23-7-9-31-10-8-23/h5-6,11,13H,3-4,7-10,12H2,1-2H3,(H,21,25)(H,22,27)/t20-/m0/s1. The van der Waals surface area contributed by atoms with Crippen molar-refractivity contribution in [2.75, 3.05) is 45.3 Å². The number of sulfonamides is 1. The molecule has 1 saturated carbocycles. The van der Waals surface area contributed by atoms with Crippen LogP contribution >= 0.6 is 0 Å². The van der Waals surface area contributed by atoms with Crippen LogP contribution in [0.3, 0.4) is 0 Å². The van der Waals surface area contributed by atoms with Gasteiger partial charge in [0, 0.05) is 13.1 Å². The van der Waals surface area contributed by atoms with Gasteiger partial charge in [-0.2, -0.15) is 4.31 Å². The molecule has 0 spiro atoms. The Kier molecular flexibility index (Phi) is 5.86. The molecular formula is C20H26N4O7S. The molecule has 1 aromatic rings. The highest BCUT2D eigenvalue weighted by atomic mass is 32.2. The molecule has 2 aliphatic heterocycles. The summed E-state index contributed by atoms with van der Waals surface area (Å²) < 4.78 is 37.6. The Labute approximate surface area is 186 Å². The van der Waals surface area contributed by atoms with Crippen LogP contribution in [0.1, 0.15) is 19.8 Å². The van der Waals surface area contributed by atoms with Gasteiger partial charge in [0.2, 0.25) is 15.9 Å². The SMILES string of the molecule is COc1ccc(S(=O)(=O)N2CCOCC2)cc1NC(=O)CN1C(=O)N[C@@](C)(C2CC2)C1=O. The molecule has 12 heteroatoms. The van der Waals surface area contributed by atoms with E-state index in [2.05, 4.69) is 10.6 Å². The molecule has 32 heavy (non-hydrogen) atoms. The van der Waals surface area contributed by atoms with Crippen LogP contribution in [0, 0.1) is 5.92 Å². The summed E-state index contributed by atoms with van der Waals surface area (Å²) in [5.74, 6) is -0.753. The predicted molar refractivity (Wildman–Crippen MR) is 113 cm³/mol. The minimum absolute atomic E-state index is 0.00759. The quantitative estimate of drug-likeness (QED) is 0.555. The molecule has 0 unspecified atom stereocenters. The maximum Gasteiger partial charge on any atom is 0.325 e. The van der Waals surface area contributed by atoms with Crippen molar-refractivity contribution in [3.05, 3.63) is 18.2 Å². The maximum atomic E-state index is 12.9. The number of benzene rings is 1. The van der Waals surface area contributed by atoms with Crippen LogP contribution in [0.2, 0.25) is 0 Å². The van der Waals surface area contributed by atoms with E-state index in [1.165, 1.54) is 29.6 Å². The summed E-state index contributed by atoms with van der Waals surface area (Å²) in [6, 6.07) is 3.54. The number of nitrogens with one attached hydrogen (secondary N) is 2. The molecule has 4 amide bonds. The zero-order chi connectivity index (χ0) is 23.1. The van der Waals surface area contributed by atoms with Crippen molar-refractivity contribution in [3.8, 4) is 5.75 Å². The minimum Gasteiger partial charge on any atom is -0.495 e. The number of methoxy groups -OCH3 is 1. The van der Waals surface area contributed by atoms with Gasteiger partial charge in [0.15, 0.2) is 0 Å². The zero-order valence-electron chi connectivity index (χ0n) is 17.9. The summed E-state index contributed by atoms with van der Waals surface area (Å²) in [5.41, 5.74) is -0.856. The molecule has 0 bridgehead atoms. The summed E-state index contributed by atoms with van der Waals surface area (Å²) in [6.45, 7) is 2.28. The van der Waals surface area contributed by atoms with Gasteiger partial charge in [-0.25, -0.2) is 13.2 Å². The number of morpholine rings is 1. The molecule has 1 atom stereocenters. The Balaban J connectivity index is 1.51. The first kappa shape index (κ1) is 22.5. The van der Waals surface area contributed by atoms with Gasteiger partial charge in [0.25, 0.3) is 5.91 Å². The summed E-state index contributed by atoms with van der Waals surface area (Å²) in [6.07, 6.45) is 1.70. The minimum atomic E-state index is -3.79. The average Bonchev–Trinajstić information content (AvgIpc) is 3.60. The predicted octanol–water partition coefficient (Wildman–Crippen LogP) is 0.375. The monoisotopic (exact) mass is 466 g/mol. The highest BCUT2D eigenvalue weighted by molar-refractivity contribution is 7.89. The van der Waals surface area contributed by atoms with Crippen LogP contribution in [0.5, 0.6) is 5.75 Å². The van der Waals surface area contributed by atoms with Crippen molar-refractivity contribution >= 4 is 33.6 Å². The lowest BCUT2D eigenvalue weighted by Gasteiger charge is -2.26. The zero-order valence-corrected chi connectivity index (χ0v) is 18.7. The number of carbonyl (C=O) groups excluding carboxylic acids is 3. The number of rotatable bonds is 7. The Morgan fingerprint density at radius 3 is 2.59 bits per heavy atom. The number of imide groups is 1. The molecule has 2 N–H and O–H groups in total. The van der Waals surface area contributed by atoms with Gasteiger partial charge in [-0.3, -0.25) is 14.5 Å². The Morgan fingerprint density at radius 1 is 1.28 bits per heavy atom. The Hall–Kier alpha value is -2.70. The fraction of sp³-hybridized carbons (Fsp3) is 0.550. The van der Waals surface area contributed by atoms with Crippen LogP contribution in [0.25, 0.3) is 0 Å². The number of hydrogen-bond donors (Lipinski definition) is 2. The van der Waals surface area contributed by atoms with Gasteiger partial charge in [0.05, 0.1) is 30.9 Å². The number of anilines is 1. The second-order valence-corrected chi connectivity index (χ2v) is 10.2. The highest BCUT2D eigenvalue weighted by Crippen LogP contribution is 2.42. The van der Waals surface area contributed by atoms with Gasteiger partial charge in [-0.15, -0.1) is 0 Å². The Bertz CT molecular complexity index is 1050. The van der Waals surface area contributed by atoms with Gasteiger partial charge in [0.1, 0.15) is 17.8 Å². The molecule has 2 saturated heterocycles. The second kappa shape index (κ2) is 8.34. The largest absolute Gasteiger partial charge is 0.495 e. The van der Waals surface area contributed by atoms with Crippen LogP contribution in [0.4, 0.5) is 10.5 Å². The number of hydrogen-bond acceptors (Lipinski definition) is 7. The van der Waals surface area contributed by atoms with E-state index in [1.54, 1.807) is 6.92 Å². The van der Waals surface area contributed by atoms with Crippen molar-refractivity contribution in [2.45, 2.75) is 30.2 Å². The van der Waals surface area contributed by atoms with Crippen molar-refractivity contribution in [3.63, 3.8) is 0 Å². The first-order valence-electron chi connectivity index (χ1n) is 10.4. The van der Waals surface area contributed by atoms with Crippen LogP contribution in [0.15, 0.2) is 23.1 Å². The smallest absolute Gasteiger partial charge is 0.325 e. The lowest BCUT2D eigenvalue weighted by atomic mass is 9.96. The van der Waals surface area contributed by atoms with Crippen molar-refractivity contribution in [2.24, 2.45) is 5.92 Å². The maximum absolute atomic E-state index is 12.9. The van der Waals surface area contributed by atoms with Crippen LogP contribution < -0.4 is 15.4 Å². The molecular weight excluding hydrogens is 440 g/mol. The van der Waals surface area contributed by atoms with Crippen LogP contribution in [-0.4, -0.2) is 81.0 Å². The summed E-state index contributed by atoms with van der Waals surface area (Å²) >= 11 is 0. The van der Waals surface area contributed by atoms with E-state index in [0.717, 1.165) is 17.7 Å². The second-order valence-electron chi connectivity index (χ2n) is 8.22. The molecule has 174 valence electrons. The third kappa shape index (κ3) is 4.05. The molecule has 1 aliphatic carbocycles. The Morgan fingerprint density at radius 2 is 1.97 bits per heavy atom. The number of amides is 4. The van der Waals surface area contributed by atoms with Gasteiger partial charge in [-0.1, -0.05) is 0 Å². The molecule has 3 aliphatic rings. The molecule has 0 aromatic heterocycles. The van der Waals surface area contributed by atoms with Gasteiger partial charge in [-0.05, 0) is 43.9 Å². The van der Waals surface area contributed by atoms with Gasteiger partial charge >= 0.3 is 6.03 Å². The molecule has 3 fully saturated rings.